The van der Waals surface area contributed by atoms with Gasteiger partial charge in [-0.05, 0) is 37.9 Å². The number of amides is 1. The average Bonchev–Trinajstić information content (AvgIpc) is 2.55. The molecule has 1 aliphatic rings. The number of benzene rings is 1. The molecule has 0 saturated carbocycles. The second kappa shape index (κ2) is 7.57. The molecule has 1 N–H and O–H groups in total. The smallest absolute Gasteiger partial charge is 0.233 e. The number of ether oxygens (including phenoxy) is 1. The van der Waals surface area contributed by atoms with Gasteiger partial charge in [-0.1, -0.05) is 30.3 Å². The molecular formula is C17H26N2O2. The lowest BCUT2D eigenvalue weighted by atomic mass is 9.72. The van der Waals surface area contributed by atoms with E-state index in [1.807, 2.05) is 30.1 Å². The number of nitrogens with one attached hydrogen (secondary N) is 1. The molecule has 1 aromatic carbocycles. The zero-order valence-electron chi connectivity index (χ0n) is 13.1. The average molecular weight is 290 g/mol. The van der Waals surface area contributed by atoms with E-state index in [9.17, 15) is 4.79 Å². The molecule has 1 aromatic rings. The van der Waals surface area contributed by atoms with Crippen molar-refractivity contribution in [3.05, 3.63) is 35.9 Å². The van der Waals surface area contributed by atoms with Crippen LogP contribution in [0, 0.1) is 0 Å². The maximum atomic E-state index is 13.1. The minimum atomic E-state index is -0.367. The van der Waals surface area contributed by atoms with Gasteiger partial charge in [0.15, 0.2) is 0 Å². The Morgan fingerprint density at radius 2 is 1.95 bits per heavy atom. The van der Waals surface area contributed by atoms with E-state index in [1.165, 1.54) is 0 Å². The van der Waals surface area contributed by atoms with E-state index in [4.69, 9.17) is 4.74 Å². The zero-order valence-corrected chi connectivity index (χ0v) is 13.1. The molecule has 0 unspecified atom stereocenters. The van der Waals surface area contributed by atoms with Gasteiger partial charge in [0, 0.05) is 27.3 Å². The predicted octanol–water partition coefficient (Wildman–Crippen LogP) is 1.80. The molecule has 0 atom stereocenters. The van der Waals surface area contributed by atoms with E-state index < -0.39 is 0 Å². The normalized spacial score (nSPS) is 17.4. The summed E-state index contributed by atoms with van der Waals surface area (Å²) < 4.78 is 5.08. The topological polar surface area (TPSA) is 41.6 Å². The Morgan fingerprint density at radius 1 is 1.29 bits per heavy atom. The molecule has 1 heterocycles. The van der Waals surface area contributed by atoms with Gasteiger partial charge in [0.2, 0.25) is 5.91 Å². The van der Waals surface area contributed by atoms with Crippen molar-refractivity contribution < 1.29 is 9.53 Å². The van der Waals surface area contributed by atoms with Gasteiger partial charge >= 0.3 is 0 Å². The SMILES string of the molecule is COCCCN(C)C(=O)C1(c2ccccc2)CCNCC1. The Balaban J connectivity index is 2.18. The lowest BCUT2D eigenvalue weighted by Crippen LogP contribution is -2.51. The second-order valence-corrected chi connectivity index (χ2v) is 5.77. The summed E-state index contributed by atoms with van der Waals surface area (Å²) in [6.07, 6.45) is 2.61. The summed E-state index contributed by atoms with van der Waals surface area (Å²) in [4.78, 5) is 14.9. The molecule has 116 valence electrons. The van der Waals surface area contributed by atoms with Crippen LogP contribution in [0.5, 0.6) is 0 Å². The molecule has 1 amide bonds. The Morgan fingerprint density at radius 3 is 2.57 bits per heavy atom. The van der Waals surface area contributed by atoms with Gasteiger partial charge in [0.1, 0.15) is 0 Å². The highest BCUT2D eigenvalue weighted by Gasteiger charge is 2.42. The molecule has 0 aliphatic carbocycles. The fourth-order valence-electron chi connectivity index (χ4n) is 3.15. The summed E-state index contributed by atoms with van der Waals surface area (Å²) in [5.74, 6) is 0.242. The standard InChI is InChI=1S/C17H26N2O2/c1-19(13-6-14-21-2)16(20)17(9-11-18-12-10-17)15-7-4-3-5-8-15/h3-5,7-8,18H,6,9-14H2,1-2H3. The van der Waals surface area contributed by atoms with E-state index in [0.717, 1.165) is 44.5 Å². The Bertz CT molecular complexity index is 441. The fourth-order valence-corrected chi connectivity index (χ4v) is 3.15. The number of nitrogens with zero attached hydrogens (tertiary/aromatic N) is 1. The van der Waals surface area contributed by atoms with E-state index in [0.29, 0.717) is 6.61 Å². The van der Waals surface area contributed by atoms with Gasteiger partial charge in [0.25, 0.3) is 0 Å². The summed E-state index contributed by atoms with van der Waals surface area (Å²) in [5, 5.41) is 3.36. The largest absolute Gasteiger partial charge is 0.385 e. The second-order valence-electron chi connectivity index (χ2n) is 5.77. The third kappa shape index (κ3) is 3.63. The van der Waals surface area contributed by atoms with Crippen LogP contribution in [0.4, 0.5) is 0 Å². The van der Waals surface area contributed by atoms with Crippen LogP contribution in [-0.2, 0) is 14.9 Å². The maximum absolute atomic E-state index is 13.1. The zero-order chi connectivity index (χ0) is 15.1. The quantitative estimate of drug-likeness (QED) is 0.812. The highest BCUT2D eigenvalue weighted by atomic mass is 16.5. The van der Waals surface area contributed by atoms with Crippen LogP contribution in [0.25, 0.3) is 0 Å². The summed E-state index contributed by atoms with van der Waals surface area (Å²) in [6, 6.07) is 10.2. The van der Waals surface area contributed by atoms with Gasteiger partial charge in [-0.15, -0.1) is 0 Å². The van der Waals surface area contributed by atoms with E-state index in [-0.39, 0.29) is 11.3 Å². The van der Waals surface area contributed by atoms with Crippen LogP contribution in [0.15, 0.2) is 30.3 Å². The monoisotopic (exact) mass is 290 g/mol. The third-order valence-corrected chi connectivity index (χ3v) is 4.38. The maximum Gasteiger partial charge on any atom is 0.233 e. The summed E-state index contributed by atoms with van der Waals surface area (Å²) in [7, 11) is 3.60. The van der Waals surface area contributed by atoms with Gasteiger partial charge in [-0.2, -0.15) is 0 Å². The van der Waals surface area contributed by atoms with E-state index in [1.54, 1.807) is 7.11 Å². The molecule has 0 bridgehead atoms. The van der Waals surface area contributed by atoms with Crippen LogP contribution >= 0.6 is 0 Å². The molecular weight excluding hydrogens is 264 g/mol. The Hall–Kier alpha value is -1.39. The molecule has 0 radical (unpaired) electrons. The van der Waals surface area contributed by atoms with E-state index >= 15 is 0 Å². The van der Waals surface area contributed by atoms with Crippen LogP contribution in [0.3, 0.4) is 0 Å². The van der Waals surface area contributed by atoms with Gasteiger partial charge < -0.3 is 15.0 Å². The van der Waals surface area contributed by atoms with Crippen molar-refractivity contribution in [3.63, 3.8) is 0 Å². The minimum absolute atomic E-state index is 0.242. The number of hydrogen-bond acceptors (Lipinski definition) is 3. The first-order chi connectivity index (χ1) is 10.2. The number of hydrogen-bond donors (Lipinski definition) is 1. The van der Waals surface area contributed by atoms with Crippen molar-refractivity contribution in [2.45, 2.75) is 24.7 Å². The van der Waals surface area contributed by atoms with Gasteiger partial charge in [0.05, 0.1) is 5.41 Å². The van der Waals surface area contributed by atoms with Crippen LogP contribution in [0.2, 0.25) is 0 Å². The van der Waals surface area contributed by atoms with Crippen molar-refractivity contribution in [2.24, 2.45) is 0 Å². The lowest BCUT2D eigenvalue weighted by Gasteiger charge is -2.39. The van der Waals surface area contributed by atoms with Crippen LogP contribution in [-0.4, -0.2) is 51.2 Å². The number of carbonyl (C=O) groups is 1. The van der Waals surface area contributed by atoms with Crippen molar-refractivity contribution in [3.8, 4) is 0 Å². The number of rotatable bonds is 6. The summed E-state index contributed by atoms with van der Waals surface area (Å²) in [5.41, 5.74) is 0.781. The van der Waals surface area contributed by atoms with E-state index in [2.05, 4.69) is 17.4 Å². The minimum Gasteiger partial charge on any atom is -0.385 e. The van der Waals surface area contributed by atoms with Crippen molar-refractivity contribution >= 4 is 5.91 Å². The number of likely N-dealkylation sites (N-methyl/N-ethyl adjacent to an activating group) is 1. The molecule has 1 fully saturated rings. The van der Waals surface area contributed by atoms with Crippen molar-refractivity contribution in [1.82, 2.24) is 10.2 Å². The molecule has 0 spiro atoms. The highest BCUT2D eigenvalue weighted by Crippen LogP contribution is 2.35. The lowest BCUT2D eigenvalue weighted by molar-refractivity contribution is -0.137. The number of piperidine rings is 1. The predicted molar refractivity (Wildman–Crippen MR) is 84.4 cm³/mol. The van der Waals surface area contributed by atoms with Crippen LogP contribution < -0.4 is 5.32 Å². The number of carbonyl (C=O) groups excluding carboxylic acids is 1. The van der Waals surface area contributed by atoms with Crippen molar-refractivity contribution in [2.75, 3.05) is 40.4 Å². The molecule has 21 heavy (non-hydrogen) atoms. The Labute approximate surface area is 127 Å². The number of methoxy groups -OCH3 is 1. The summed E-state index contributed by atoms with van der Waals surface area (Å²) in [6.45, 7) is 3.23. The fraction of sp³-hybridized carbons (Fsp3) is 0.588. The molecule has 2 rings (SSSR count). The molecule has 4 nitrogen and oxygen atoms in total. The highest BCUT2D eigenvalue weighted by molar-refractivity contribution is 5.88. The van der Waals surface area contributed by atoms with Gasteiger partial charge in [-0.25, -0.2) is 0 Å². The third-order valence-electron chi connectivity index (χ3n) is 4.38. The van der Waals surface area contributed by atoms with Crippen LogP contribution in [0.1, 0.15) is 24.8 Å². The van der Waals surface area contributed by atoms with Gasteiger partial charge in [-0.3, -0.25) is 4.79 Å². The molecule has 1 aliphatic heterocycles. The summed E-state index contributed by atoms with van der Waals surface area (Å²) >= 11 is 0. The molecule has 4 heteroatoms. The first-order valence-electron chi connectivity index (χ1n) is 7.71. The van der Waals surface area contributed by atoms with Crippen molar-refractivity contribution in [1.29, 1.82) is 0 Å². The molecule has 1 saturated heterocycles. The molecule has 0 aromatic heterocycles. The first-order valence-corrected chi connectivity index (χ1v) is 7.71. The first kappa shape index (κ1) is 16.0. The Kier molecular flexibility index (Phi) is 5.76.